The maximum atomic E-state index is 4.52. The van der Waals surface area contributed by atoms with Crippen molar-refractivity contribution in [3.05, 3.63) is 59.8 Å². The summed E-state index contributed by atoms with van der Waals surface area (Å²) >= 11 is 0. The van der Waals surface area contributed by atoms with E-state index in [4.69, 9.17) is 0 Å². The maximum absolute atomic E-state index is 4.52. The fourth-order valence-electron chi connectivity index (χ4n) is 2.48. The molecule has 0 aliphatic carbocycles. The van der Waals surface area contributed by atoms with Crippen LogP contribution in [0.2, 0.25) is 0 Å². The number of hydrogen-bond donors (Lipinski definition) is 0. The molecular weight excluding hydrogens is 230 g/mol. The van der Waals surface area contributed by atoms with Crippen molar-refractivity contribution in [2.24, 2.45) is 0 Å². The molecule has 1 aromatic carbocycles. The highest BCUT2D eigenvalue weighted by Gasteiger charge is 2.11. The average Bonchev–Trinajstić information content (AvgIpc) is 2.45. The molecule has 1 aromatic heterocycles. The molecule has 0 bridgehead atoms. The highest BCUT2D eigenvalue weighted by Crippen LogP contribution is 2.32. The molecule has 0 N–H and O–H groups in total. The largest absolute Gasteiger partial charge is 0.256 e. The zero-order chi connectivity index (χ0) is 13.7. The third kappa shape index (κ3) is 2.93. The minimum Gasteiger partial charge on any atom is -0.256 e. The molecule has 1 nitrogen and oxygen atoms in total. The molecule has 0 saturated heterocycles. The van der Waals surface area contributed by atoms with E-state index in [0.29, 0.717) is 0 Å². The standard InChI is InChI=1S/C18H21N/c1-4-9-15(5-2)16-11-8-10-14(3)18(16)17-12-6-7-13-19-17/h6-13H,4-5H2,1-3H3/b15-9+. The number of hydrogen-bond acceptors (Lipinski definition) is 1. The smallest absolute Gasteiger partial charge is 0.0710 e. The number of rotatable bonds is 4. The highest BCUT2D eigenvalue weighted by atomic mass is 14.7. The van der Waals surface area contributed by atoms with Crippen molar-refractivity contribution in [3.8, 4) is 11.3 Å². The van der Waals surface area contributed by atoms with Crippen molar-refractivity contribution in [1.82, 2.24) is 4.98 Å². The molecule has 1 heterocycles. The molecule has 0 amide bonds. The van der Waals surface area contributed by atoms with Gasteiger partial charge < -0.3 is 0 Å². The lowest BCUT2D eigenvalue weighted by molar-refractivity contribution is 1.17. The predicted molar refractivity (Wildman–Crippen MR) is 83.0 cm³/mol. The maximum Gasteiger partial charge on any atom is 0.0710 e. The van der Waals surface area contributed by atoms with Gasteiger partial charge >= 0.3 is 0 Å². The summed E-state index contributed by atoms with van der Waals surface area (Å²) in [5.74, 6) is 0. The number of pyridine rings is 1. The Morgan fingerprint density at radius 2 is 1.95 bits per heavy atom. The molecule has 98 valence electrons. The van der Waals surface area contributed by atoms with Crippen LogP contribution in [0.4, 0.5) is 0 Å². The van der Waals surface area contributed by atoms with Crippen molar-refractivity contribution in [2.75, 3.05) is 0 Å². The molecular formula is C18H21N. The van der Waals surface area contributed by atoms with E-state index >= 15 is 0 Å². The van der Waals surface area contributed by atoms with Crippen LogP contribution < -0.4 is 0 Å². The van der Waals surface area contributed by atoms with E-state index in [1.54, 1.807) is 0 Å². The Hall–Kier alpha value is -1.89. The van der Waals surface area contributed by atoms with Crippen LogP contribution in [0.25, 0.3) is 16.8 Å². The van der Waals surface area contributed by atoms with Crippen molar-refractivity contribution in [1.29, 1.82) is 0 Å². The van der Waals surface area contributed by atoms with Gasteiger partial charge in [-0.05, 0) is 48.6 Å². The number of allylic oxidation sites excluding steroid dienone is 2. The topological polar surface area (TPSA) is 12.9 Å². The van der Waals surface area contributed by atoms with Crippen LogP contribution in [0, 0.1) is 6.92 Å². The normalized spacial score (nSPS) is 11.6. The van der Waals surface area contributed by atoms with Crippen LogP contribution in [0.1, 0.15) is 37.8 Å². The van der Waals surface area contributed by atoms with Gasteiger partial charge in [0, 0.05) is 11.8 Å². The average molecular weight is 251 g/mol. The lowest BCUT2D eigenvalue weighted by Gasteiger charge is -2.14. The first-order valence-corrected chi connectivity index (χ1v) is 6.98. The van der Waals surface area contributed by atoms with Crippen molar-refractivity contribution in [3.63, 3.8) is 0 Å². The Balaban J connectivity index is 2.63. The van der Waals surface area contributed by atoms with E-state index in [0.717, 1.165) is 18.5 Å². The monoisotopic (exact) mass is 251 g/mol. The SMILES string of the molecule is CC/C=C(\CC)c1cccc(C)c1-c1ccccn1. The van der Waals surface area contributed by atoms with Crippen LogP contribution in [0.5, 0.6) is 0 Å². The highest BCUT2D eigenvalue weighted by molar-refractivity contribution is 5.81. The Morgan fingerprint density at radius 3 is 2.58 bits per heavy atom. The molecule has 0 radical (unpaired) electrons. The van der Waals surface area contributed by atoms with Crippen LogP contribution in [-0.4, -0.2) is 4.98 Å². The summed E-state index contributed by atoms with van der Waals surface area (Å²) in [6.07, 6.45) is 6.30. The van der Waals surface area contributed by atoms with E-state index in [1.807, 2.05) is 18.3 Å². The number of nitrogens with zero attached hydrogens (tertiary/aromatic N) is 1. The summed E-state index contributed by atoms with van der Waals surface area (Å²) in [5.41, 5.74) is 6.34. The molecule has 19 heavy (non-hydrogen) atoms. The van der Waals surface area contributed by atoms with Crippen molar-refractivity contribution < 1.29 is 0 Å². The molecule has 0 fully saturated rings. The van der Waals surface area contributed by atoms with E-state index < -0.39 is 0 Å². The Bertz CT molecular complexity index is 567. The van der Waals surface area contributed by atoms with Gasteiger partial charge in [0.15, 0.2) is 0 Å². The second kappa shape index (κ2) is 6.33. The summed E-state index contributed by atoms with van der Waals surface area (Å²) in [5, 5.41) is 0. The third-order valence-corrected chi connectivity index (χ3v) is 3.37. The minimum absolute atomic E-state index is 1.05. The van der Waals surface area contributed by atoms with Gasteiger partial charge in [-0.15, -0.1) is 0 Å². The van der Waals surface area contributed by atoms with Crippen LogP contribution in [-0.2, 0) is 0 Å². The molecule has 2 rings (SSSR count). The van der Waals surface area contributed by atoms with Crippen molar-refractivity contribution in [2.45, 2.75) is 33.6 Å². The summed E-state index contributed by atoms with van der Waals surface area (Å²) in [4.78, 5) is 4.52. The van der Waals surface area contributed by atoms with Gasteiger partial charge in [0.05, 0.1) is 5.69 Å². The first-order valence-electron chi connectivity index (χ1n) is 6.98. The van der Waals surface area contributed by atoms with Crippen LogP contribution >= 0.6 is 0 Å². The van der Waals surface area contributed by atoms with E-state index in [-0.39, 0.29) is 0 Å². The summed E-state index contributed by atoms with van der Waals surface area (Å²) in [7, 11) is 0. The number of benzene rings is 1. The van der Waals surface area contributed by atoms with Crippen LogP contribution in [0.3, 0.4) is 0 Å². The molecule has 0 spiro atoms. The second-order valence-electron chi connectivity index (χ2n) is 4.70. The molecule has 0 unspecified atom stereocenters. The van der Waals surface area contributed by atoms with Gasteiger partial charge in [-0.1, -0.05) is 44.2 Å². The summed E-state index contributed by atoms with van der Waals surface area (Å²) < 4.78 is 0. The molecule has 2 aromatic rings. The fraction of sp³-hybridized carbons (Fsp3) is 0.278. The molecule has 0 aliphatic heterocycles. The summed E-state index contributed by atoms with van der Waals surface area (Å²) in [6.45, 7) is 6.56. The van der Waals surface area contributed by atoms with Crippen LogP contribution in [0.15, 0.2) is 48.7 Å². The Labute approximate surface area is 116 Å². The lowest BCUT2D eigenvalue weighted by atomic mass is 9.92. The molecule has 0 aliphatic rings. The zero-order valence-electron chi connectivity index (χ0n) is 12.0. The summed E-state index contributed by atoms with van der Waals surface area (Å²) in [6, 6.07) is 12.6. The van der Waals surface area contributed by atoms with E-state index in [9.17, 15) is 0 Å². The van der Waals surface area contributed by atoms with Gasteiger partial charge in [-0.2, -0.15) is 0 Å². The molecule has 1 heteroatoms. The number of aryl methyl sites for hydroxylation is 1. The van der Waals surface area contributed by atoms with E-state index in [2.05, 4.69) is 56.1 Å². The first-order chi connectivity index (χ1) is 9.27. The van der Waals surface area contributed by atoms with Crippen molar-refractivity contribution >= 4 is 5.57 Å². The number of aromatic nitrogens is 1. The third-order valence-electron chi connectivity index (χ3n) is 3.37. The molecule has 0 saturated carbocycles. The zero-order valence-corrected chi connectivity index (χ0v) is 12.0. The first kappa shape index (κ1) is 13.5. The Kier molecular flexibility index (Phi) is 4.51. The Morgan fingerprint density at radius 1 is 1.11 bits per heavy atom. The quantitative estimate of drug-likeness (QED) is 0.722. The van der Waals surface area contributed by atoms with Gasteiger partial charge in [0.2, 0.25) is 0 Å². The predicted octanol–water partition coefficient (Wildman–Crippen LogP) is 5.26. The fourth-order valence-corrected chi connectivity index (χ4v) is 2.48. The van der Waals surface area contributed by atoms with Gasteiger partial charge in [-0.25, -0.2) is 0 Å². The second-order valence-corrected chi connectivity index (χ2v) is 4.70. The molecule has 0 atom stereocenters. The van der Waals surface area contributed by atoms with Gasteiger partial charge in [-0.3, -0.25) is 4.98 Å². The van der Waals surface area contributed by atoms with Gasteiger partial charge in [0.25, 0.3) is 0 Å². The van der Waals surface area contributed by atoms with Gasteiger partial charge in [0.1, 0.15) is 0 Å². The minimum atomic E-state index is 1.05. The van der Waals surface area contributed by atoms with E-state index in [1.165, 1.54) is 22.3 Å². The lowest BCUT2D eigenvalue weighted by Crippen LogP contribution is -1.94.